The van der Waals surface area contributed by atoms with Crippen molar-refractivity contribution in [3.63, 3.8) is 0 Å². The number of hydrogen-bond acceptors (Lipinski definition) is 5. The molecule has 0 spiro atoms. The van der Waals surface area contributed by atoms with Gasteiger partial charge in [0.25, 0.3) is 0 Å². The molecular weight excluding hydrogens is 394 g/mol. The lowest BCUT2D eigenvalue weighted by molar-refractivity contribution is 0.307. The number of aryl methyl sites for hydroxylation is 1. The van der Waals surface area contributed by atoms with Crippen LogP contribution in [-0.4, -0.2) is 23.1 Å². The molecule has 1 aliphatic heterocycles. The van der Waals surface area contributed by atoms with Gasteiger partial charge in [-0.3, -0.25) is 0 Å². The number of fused-ring (bicyclic) bond motifs is 1. The highest BCUT2D eigenvalue weighted by Gasteiger charge is 2.35. The first-order chi connectivity index (χ1) is 15.4. The molecule has 2 aliphatic rings. The van der Waals surface area contributed by atoms with Gasteiger partial charge in [-0.25, -0.2) is 9.97 Å². The van der Waals surface area contributed by atoms with Gasteiger partial charge in [-0.05, 0) is 66.5 Å². The van der Waals surface area contributed by atoms with Crippen LogP contribution in [0.2, 0.25) is 0 Å². The third-order valence-electron chi connectivity index (χ3n) is 7.74. The minimum absolute atomic E-state index is 0.275. The van der Waals surface area contributed by atoms with Gasteiger partial charge in [0, 0.05) is 30.8 Å². The molecule has 0 saturated carbocycles. The van der Waals surface area contributed by atoms with Gasteiger partial charge < -0.3 is 10.6 Å². The number of nitrogens with zero attached hydrogens (tertiary/aromatic N) is 4. The van der Waals surface area contributed by atoms with Gasteiger partial charge in [0.15, 0.2) is 0 Å². The van der Waals surface area contributed by atoms with Crippen LogP contribution in [0.3, 0.4) is 0 Å². The Morgan fingerprint density at radius 2 is 1.94 bits per heavy atom. The van der Waals surface area contributed by atoms with Gasteiger partial charge in [0.2, 0.25) is 0 Å². The number of benzene rings is 1. The molecule has 170 valence electrons. The molecule has 2 heterocycles. The molecule has 2 unspecified atom stereocenters. The van der Waals surface area contributed by atoms with E-state index in [-0.39, 0.29) is 5.92 Å². The monoisotopic (exact) mass is 431 g/mol. The zero-order valence-corrected chi connectivity index (χ0v) is 20.3. The summed E-state index contributed by atoms with van der Waals surface area (Å²) in [6.07, 6.45) is 4.72. The van der Waals surface area contributed by atoms with E-state index in [0.29, 0.717) is 23.1 Å². The van der Waals surface area contributed by atoms with Crippen molar-refractivity contribution in [2.24, 2.45) is 11.8 Å². The number of aromatic nitrogens is 2. The van der Waals surface area contributed by atoms with Crippen molar-refractivity contribution in [1.29, 1.82) is 5.26 Å². The Labute approximate surface area is 193 Å². The van der Waals surface area contributed by atoms with E-state index < -0.39 is 0 Å². The minimum atomic E-state index is 0.275. The van der Waals surface area contributed by atoms with Crippen molar-refractivity contribution in [2.45, 2.75) is 78.6 Å². The van der Waals surface area contributed by atoms with Crippen LogP contribution in [0, 0.1) is 23.2 Å². The fourth-order valence-corrected chi connectivity index (χ4v) is 5.29. The summed E-state index contributed by atoms with van der Waals surface area (Å²) in [6.45, 7) is 13.4. The van der Waals surface area contributed by atoms with Gasteiger partial charge >= 0.3 is 0 Å². The summed E-state index contributed by atoms with van der Waals surface area (Å²) in [7, 11) is 0. The number of hydrogen-bond donors (Lipinski definition) is 1. The fraction of sp³-hybridized carbons (Fsp3) is 0.593. The van der Waals surface area contributed by atoms with Crippen LogP contribution in [0.4, 0.5) is 11.5 Å². The van der Waals surface area contributed by atoms with Crippen molar-refractivity contribution < 1.29 is 0 Å². The first-order valence-corrected chi connectivity index (χ1v) is 12.3. The molecular formula is C27H37N5. The maximum Gasteiger partial charge on any atom is 0.135 e. The highest BCUT2D eigenvalue weighted by atomic mass is 15.3. The normalized spacial score (nSPS) is 19.4. The summed E-state index contributed by atoms with van der Waals surface area (Å²) in [5.41, 5.74) is 12.5. The Bertz CT molecular complexity index is 1030. The first kappa shape index (κ1) is 22.6. The van der Waals surface area contributed by atoms with Gasteiger partial charge in [0.1, 0.15) is 17.7 Å². The average molecular weight is 432 g/mol. The molecule has 0 radical (unpaired) electrons. The maximum absolute atomic E-state index is 9.95. The van der Waals surface area contributed by atoms with Crippen molar-refractivity contribution in [3.8, 4) is 6.07 Å². The summed E-state index contributed by atoms with van der Waals surface area (Å²) in [5.74, 6) is 4.24. The molecule has 5 nitrogen and oxygen atoms in total. The SMILES string of the molecule is CCc1nc2c(c(N3CC(C(C)C)C3)n1)CCC(c1c(C(C)CC)ccc(N)c1C#N)C2. The van der Waals surface area contributed by atoms with Crippen LogP contribution < -0.4 is 10.6 Å². The fourth-order valence-electron chi connectivity index (χ4n) is 5.29. The summed E-state index contributed by atoms with van der Waals surface area (Å²) >= 11 is 0. The molecule has 2 aromatic rings. The lowest BCUT2D eigenvalue weighted by Crippen LogP contribution is -2.50. The van der Waals surface area contributed by atoms with E-state index in [1.54, 1.807) is 0 Å². The summed E-state index contributed by atoms with van der Waals surface area (Å²) in [4.78, 5) is 12.4. The van der Waals surface area contributed by atoms with Crippen LogP contribution in [0.1, 0.15) is 93.1 Å². The standard InChI is InChI=1S/C27H37N5/c1-6-17(5)20-10-11-23(29)22(13-28)26(20)18-8-9-21-24(12-18)30-25(7-2)31-27(21)32-14-19(15-32)16(3)4/h10-11,16-19H,6-9,12,14-15,29H2,1-5H3. The Morgan fingerprint density at radius 1 is 1.19 bits per heavy atom. The topological polar surface area (TPSA) is 78.8 Å². The number of nitrogen functional groups attached to an aromatic ring is 1. The van der Waals surface area contributed by atoms with E-state index in [9.17, 15) is 5.26 Å². The molecule has 1 saturated heterocycles. The first-order valence-electron chi connectivity index (χ1n) is 12.3. The van der Waals surface area contributed by atoms with Crippen LogP contribution in [-0.2, 0) is 19.3 Å². The molecule has 32 heavy (non-hydrogen) atoms. The Morgan fingerprint density at radius 3 is 2.56 bits per heavy atom. The minimum Gasteiger partial charge on any atom is -0.398 e. The highest BCUT2D eigenvalue weighted by Crippen LogP contribution is 2.42. The number of rotatable bonds is 6. The molecule has 1 aromatic heterocycles. The van der Waals surface area contributed by atoms with Gasteiger partial charge in [-0.2, -0.15) is 5.26 Å². The van der Waals surface area contributed by atoms with Crippen LogP contribution in [0.5, 0.6) is 0 Å². The smallest absolute Gasteiger partial charge is 0.135 e. The summed E-state index contributed by atoms with van der Waals surface area (Å²) in [5, 5.41) is 9.95. The molecule has 4 rings (SSSR count). The van der Waals surface area contributed by atoms with Crippen molar-refractivity contribution in [2.75, 3.05) is 23.7 Å². The molecule has 2 atom stereocenters. The molecule has 5 heteroatoms. The lowest BCUT2D eigenvalue weighted by atomic mass is 9.76. The molecule has 0 amide bonds. The van der Waals surface area contributed by atoms with E-state index in [1.807, 2.05) is 6.07 Å². The maximum atomic E-state index is 9.95. The zero-order chi connectivity index (χ0) is 23.0. The highest BCUT2D eigenvalue weighted by molar-refractivity contribution is 5.63. The van der Waals surface area contributed by atoms with E-state index in [2.05, 4.69) is 51.7 Å². The lowest BCUT2D eigenvalue weighted by Gasteiger charge is -2.44. The van der Waals surface area contributed by atoms with Crippen LogP contribution in [0.25, 0.3) is 0 Å². The molecule has 0 bridgehead atoms. The van der Waals surface area contributed by atoms with Crippen molar-refractivity contribution >= 4 is 11.5 Å². The van der Waals surface area contributed by atoms with E-state index in [4.69, 9.17) is 15.7 Å². The number of nitriles is 1. The molecule has 1 aromatic carbocycles. The third-order valence-corrected chi connectivity index (χ3v) is 7.74. The van der Waals surface area contributed by atoms with Crippen molar-refractivity contribution in [1.82, 2.24) is 9.97 Å². The van der Waals surface area contributed by atoms with Crippen LogP contribution in [0.15, 0.2) is 12.1 Å². The number of nitrogens with two attached hydrogens (primary N) is 1. The second kappa shape index (κ2) is 9.10. The average Bonchev–Trinajstić information content (AvgIpc) is 2.76. The van der Waals surface area contributed by atoms with Gasteiger partial charge in [0.05, 0.1) is 11.3 Å². The molecule has 1 aliphatic carbocycles. The van der Waals surface area contributed by atoms with E-state index in [1.165, 1.54) is 16.8 Å². The second-order valence-electron chi connectivity index (χ2n) is 10.0. The summed E-state index contributed by atoms with van der Waals surface area (Å²) < 4.78 is 0. The van der Waals surface area contributed by atoms with E-state index >= 15 is 0 Å². The largest absolute Gasteiger partial charge is 0.398 e. The van der Waals surface area contributed by atoms with Crippen molar-refractivity contribution in [3.05, 3.63) is 45.9 Å². The summed E-state index contributed by atoms with van der Waals surface area (Å²) in [6, 6.07) is 6.47. The number of anilines is 2. The second-order valence-corrected chi connectivity index (χ2v) is 10.0. The predicted octanol–water partition coefficient (Wildman–Crippen LogP) is 5.37. The quantitative estimate of drug-likeness (QED) is 0.622. The molecule has 1 fully saturated rings. The van der Waals surface area contributed by atoms with Gasteiger partial charge in [-0.1, -0.05) is 40.7 Å². The zero-order valence-electron chi connectivity index (χ0n) is 20.3. The van der Waals surface area contributed by atoms with Gasteiger partial charge in [-0.15, -0.1) is 0 Å². The Hall–Kier alpha value is -2.61. The Kier molecular flexibility index (Phi) is 6.42. The van der Waals surface area contributed by atoms with Crippen LogP contribution >= 0.6 is 0 Å². The van der Waals surface area contributed by atoms with E-state index in [0.717, 1.165) is 68.3 Å². The predicted molar refractivity (Wildman–Crippen MR) is 131 cm³/mol. The third kappa shape index (κ3) is 3.96. The Balaban J connectivity index is 1.72. The molecule has 2 N–H and O–H groups in total.